The largest absolute Gasteiger partial charge is 0.505 e. The van der Waals surface area contributed by atoms with Crippen molar-refractivity contribution < 1.29 is 9.90 Å². The minimum Gasteiger partial charge on any atom is -0.505 e. The minimum atomic E-state index is -0.122. The number of aromatic nitrogens is 2. The van der Waals surface area contributed by atoms with Gasteiger partial charge >= 0.3 is 0 Å². The fourth-order valence-electron chi connectivity index (χ4n) is 2.63. The maximum Gasteiger partial charge on any atom is 0.225 e. The molecule has 3 N–H and O–H groups in total. The molecule has 0 bridgehead atoms. The standard InChI is InChI=1S/C16H21N3O2/c1-9-6-5-7-13(16(9)21)17-14(20)8-10(2)15-11(3)18-19-12(15)4/h5-7,10,21H,8H2,1-4H3,(H,17,20)(H,18,19)/t10-/m1/s1. The van der Waals surface area contributed by atoms with Gasteiger partial charge in [-0.25, -0.2) is 0 Å². The molecular formula is C16H21N3O2. The van der Waals surface area contributed by atoms with Crippen molar-refractivity contribution in [1.29, 1.82) is 0 Å². The van der Waals surface area contributed by atoms with E-state index in [2.05, 4.69) is 15.5 Å². The van der Waals surface area contributed by atoms with Crippen LogP contribution < -0.4 is 5.32 Å². The summed E-state index contributed by atoms with van der Waals surface area (Å²) in [6.07, 6.45) is 0.342. The highest BCUT2D eigenvalue weighted by atomic mass is 16.3. The summed E-state index contributed by atoms with van der Waals surface area (Å²) >= 11 is 0. The topological polar surface area (TPSA) is 78.0 Å². The maximum atomic E-state index is 12.2. The Morgan fingerprint density at radius 3 is 2.71 bits per heavy atom. The smallest absolute Gasteiger partial charge is 0.225 e. The highest BCUT2D eigenvalue weighted by Gasteiger charge is 2.18. The van der Waals surface area contributed by atoms with E-state index in [1.807, 2.05) is 20.8 Å². The first-order valence-electron chi connectivity index (χ1n) is 7.00. The predicted octanol–water partition coefficient (Wildman–Crippen LogP) is 3.17. The number of phenolic OH excluding ortho intramolecular Hbond substituents is 1. The van der Waals surface area contributed by atoms with Gasteiger partial charge in [-0.1, -0.05) is 19.1 Å². The van der Waals surface area contributed by atoms with E-state index < -0.39 is 0 Å². The number of carbonyl (C=O) groups is 1. The van der Waals surface area contributed by atoms with Crippen molar-refractivity contribution in [3.63, 3.8) is 0 Å². The molecule has 0 aliphatic rings. The van der Waals surface area contributed by atoms with E-state index in [1.165, 1.54) is 0 Å². The second-order valence-electron chi connectivity index (χ2n) is 5.47. The Hall–Kier alpha value is -2.30. The second-order valence-corrected chi connectivity index (χ2v) is 5.47. The van der Waals surface area contributed by atoms with Gasteiger partial charge in [0.15, 0.2) is 0 Å². The van der Waals surface area contributed by atoms with Crippen LogP contribution in [-0.4, -0.2) is 21.2 Å². The molecule has 0 radical (unpaired) electrons. The van der Waals surface area contributed by atoms with E-state index in [0.717, 1.165) is 22.5 Å². The Morgan fingerprint density at radius 1 is 1.38 bits per heavy atom. The second kappa shape index (κ2) is 5.99. The normalized spacial score (nSPS) is 12.2. The number of hydrogen-bond acceptors (Lipinski definition) is 3. The van der Waals surface area contributed by atoms with Gasteiger partial charge < -0.3 is 10.4 Å². The number of H-pyrrole nitrogens is 1. The van der Waals surface area contributed by atoms with E-state index in [1.54, 1.807) is 25.1 Å². The quantitative estimate of drug-likeness (QED) is 0.756. The molecule has 0 saturated heterocycles. The van der Waals surface area contributed by atoms with Crippen molar-refractivity contribution >= 4 is 11.6 Å². The van der Waals surface area contributed by atoms with Crippen LogP contribution >= 0.6 is 0 Å². The van der Waals surface area contributed by atoms with Crippen molar-refractivity contribution in [3.05, 3.63) is 40.7 Å². The molecule has 5 nitrogen and oxygen atoms in total. The van der Waals surface area contributed by atoms with Crippen LogP contribution in [0.1, 0.15) is 41.8 Å². The summed E-state index contributed by atoms with van der Waals surface area (Å²) < 4.78 is 0. The number of hydrogen-bond donors (Lipinski definition) is 3. The number of carbonyl (C=O) groups excluding carboxylic acids is 1. The van der Waals surface area contributed by atoms with Crippen molar-refractivity contribution in [2.75, 3.05) is 5.32 Å². The Labute approximate surface area is 124 Å². The zero-order chi connectivity index (χ0) is 15.6. The number of rotatable bonds is 4. The van der Waals surface area contributed by atoms with Crippen LogP contribution in [-0.2, 0) is 4.79 Å². The van der Waals surface area contributed by atoms with Gasteiger partial charge in [0, 0.05) is 12.1 Å². The number of nitrogens with one attached hydrogen (secondary N) is 2. The summed E-state index contributed by atoms with van der Waals surface area (Å²) in [5.41, 5.74) is 4.19. The van der Waals surface area contributed by atoms with E-state index in [4.69, 9.17) is 0 Å². The monoisotopic (exact) mass is 287 g/mol. The zero-order valence-corrected chi connectivity index (χ0v) is 12.8. The fourth-order valence-corrected chi connectivity index (χ4v) is 2.63. The fraction of sp³-hybridized carbons (Fsp3) is 0.375. The number of aromatic hydroxyl groups is 1. The molecular weight excluding hydrogens is 266 g/mol. The first-order valence-corrected chi connectivity index (χ1v) is 7.00. The Kier molecular flexibility index (Phi) is 4.31. The molecule has 0 aliphatic heterocycles. The Morgan fingerprint density at radius 2 is 2.10 bits per heavy atom. The number of benzene rings is 1. The molecule has 0 spiro atoms. The van der Waals surface area contributed by atoms with Crippen molar-refractivity contribution in [1.82, 2.24) is 10.2 Å². The molecule has 1 aromatic heterocycles. The van der Waals surface area contributed by atoms with Gasteiger partial charge in [0.25, 0.3) is 0 Å². The molecule has 1 heterocycles. The number of amides is 1. The highest BCUT2D eigenvalue weighted by Crippen LogP contribution is 2.28. The molecule has 112 valence electrons. The number of aryl methyl sites for hydroxylation is 3. The van der Waals surface area contributed by atoms with Gasteiger partial charge in [-0.2, -0.15) is 5.10 Å². The first-order chi connectivity index (χ1) is 9.90. The number of para-hydroxylation sites is 1. The molecule has 1 aromatic carbocycles. The zero-order valence-electron chi connectivity index (χ0n) is 12.8. The van der Waals surface area contributed by atoms with Crippen molar-refractivity contribution in [2.45, 2.75) is 40.0 Å². The number of anilines is 1. The number of phenols is 1. The lowest BCUT2D eigenvalue weighted by Gasteiger charge is -2.13. The summed E-state index contributed by atoms with van der Waals surface area (Å²) in [5, 5.41) is 19.8. The summed E-state index contributed by atoms with van der Waals surface area (Å²) in [4.78, 5) is 12.2. The minimum absolute atomic E-state index is 0.0655. The molecule has 2 aromatic rings. The van der Waals surface area contributed by atoms with Crippen molar-refractivity contribution in [3.8, 4) is 5.75 Å². The summed E-state index contributed by atoms with van der Waals surface area (Å²) in [7, 11) is 0. The third-order valence-corrected chi connectivity index (χ3v) is 3.68. The van der Waals surface area contributed by atoms with Crippen LogP contribution in [0.5, 0.6) is 5.75 Å². The Balaban J connectivity index is 2.07. The van der Waals surface area contributed by atoms with Crippen LogP contribution in [0.4, 0.5) is 5.69 Å². The van der Waals surface area contributed by atoms with E-state index in [9.17, 15) is 9.90 Å². The van der Waals surface area contributed by atoms with Crippen LogP contribution in [0.3, 0.4) is 0 Å². The molecule has 0 unspecified atom stereocenters. The molecule has 21 heavy (non-hydrogen) atoms. The lowest BCUT2D eigenvalue weighted by Crippen LogP contribution is -2.15. The number of nitrogens with zero attached hydrogens (tertiary/aromatic N) is 1. The average molecular weight is 287 g/mol. The molecule has 0 fully saturated rings. The van der Waals surface area contributed by atoms with E-state index in [-0.39, 0.29) is 17.6 Å². The Bertz CT molecular complexity index is 642. The van der Waals surface area contributed by atoms with Gasteiger partial charge in [0.05, 0.1) is 11.4 Å². The third-order valence-electron chi connectivity index (χ3n) is 3.68. The molecule has 5 heteroatoms. The average Bonchev–Trinajstić information content (AvgIpc) is 2.74. The highest BCUT2D eigenvalue weighted by molar-refractivity contribution is 5.92. The number of aromatic amines is 1. The van der Waals surface area contributed by atoms with Crippen LogP contribution in [0.15, 0.2) is 18.2 Å². The van der Waals surface area contributed by atoms with Crippen LogP contribution in [0.2, 0.25) is 0 Å². The third kappa shape index (κ3) is 3.24. The van der Waals surface area contributed by atoms with Gasteiger partial charge in [-0.15, -0.1) is 0 Å². The lowest BCUT2D eigenvalue weighted by atomic mass is 9.95. The summed E-state index contributed by atoms with van der Waals surface area (Å²) in [6.45, 7) is 7.68. The molecule has 0 aliphatic carbocycles. The van der Waals surface area contributed by atoms with Crippen LogP contribution in [0.25, 0.3) is 0 Å². The predicted molar refractivity (Wildman–Crippen MR) is 82.6 cm³/mol. The van der Waals surface area contributed by atoms with Gasteiger partial charge in [0.1, 0.15) is 5.75 Å². The maximum absolute atomic E-state index is 12.2. The molecule has 0 saturated carbocycles. The SMILES string of the molecule is Cc1cccc(NC(=O)C[C@@H](C)c2c(C)n[nH]c2C)c1O. The molecule has 1 atom stereocenters. The molecule has 2 rings (SSSR count). The van der Waals surface area contributed by atoms with Gasteiger partial charge in [0.2, 0.25) is 5.91 Å². The van der Waals surface area contributed by atoms with Crippen molar-refractivity contribution in [2.24, 2.45) is 0 Å². The van der Waals surface area contributed by atoms with Gasteiger partial charge in [-0.05, 0) is 43.9 Å². The summed E-state index contributed by atoms with van der Waals surface area (Å²) in [5.74, 6) is 0.0632. The summed E-state index contributed by atoms with van der Waals surface area (Å²) in [6, 6.07) is 5.30. The lowest BCUT2D eigenvalue weighted by molar-refractivity contribution is -0.116. The first kappa shape index (κ1) is 15.1. The van der Waals surface area contributed by atoms with Crippen LogP contribution in [0, 0.1) is 20.8 Å². The van der Waals surface area contributed by atoms with E-state index >= 15 is 0 Å². The van der Waals surface area contributed by atoms with E-state index in [0.29, 0.717) is 12.1 Å². The molecule has 1 amide bonds. The van der Waals surface area contributed by atoms with Gasteiger partial charge in [-0.3, -0.25) is 9.89 Å².